The standard InChI is InChI=1S/C19H23NO3/c1-4-23-18-9-8-16(12-14(18)2)19(21)20-11-10-15-6-5-7-17(13-15)22-3/h5-9,12-13H,4,10-11H2,1-3H3,(H,20,21). The van der Waals surface area contributed by atoms with Crippen LogP contribution in [0.1, 0.15) is 28.4 Å². The van der Waals surface area contributed by atoms with Crippen molar-refractivity contribution >= 4 is 5.91 Å². The van der Waals surface area contributed by atoms with Crippen LogP contribution in [0, 0.1) is 6.92 Å². The van der Waals surface area contributed by atoms with Gasteiger partial charge in [-0.15, -0.1) is 0 Å². The van der Waals surface area contributed by atoms with Gasteiger partial charge in [-0.2, -0.15) is 0 Å². The van der Waals surface area contributed by atoms with Crippen LogP contribution in [0.4, 0.5) is 0 Å². The summed E-state index contributed by atoms with van der Waals surface area (Å²) in [7, 11) is 1.65. The largest absolute Gasteiger partial charge is 0.497 e. The maximum Gasteiger partial charge on any atom is 0.251 e. The number of carbonyl (C=O) groups is 1. The normalized spacial score (nSPS) is 10.2. The van der Waals surface area contributed by atoms with E-state index in [0.717, 1.165) is 29.0 Å². The molecule has 0 bridgehead atoms. The number of carbonyl (C=O) groups excluding carboxylic acids is 1. The summed E-state index contributed by atoms with van der Waals surface area (Å²) in [6, 6.07) is 13.3. The maximum atomic E-state index is 12.2. The molecule has 4 nitrogen and oxygen atoms in total. The van der Waals surface area contributed by atoms with Crippen LogP contribution in [0.15, 0.2) is 42.5 Å². The molecule has 4 heteroatoms. The monoisotopic (exact) mass is 313 g/mol. The van der Waals surface area contributed by atoms with Crippen LogP contribution >= 0.6 is 0 Å². The molecule has 0 heterocycles. The molecule has 0 aliphatic heterocycles. The smallest absolute Gasteiger partial charge is 0.251 e. The summed E-state index contributed by atoms with van der Waals surface area (Å²) in [6.45, 7) is 5.09. The SMILES string of the molecule is CCOc1ccc(C(=O)NCCc2cccc(OC)c2)cc1C. The van der Waals surface area contributed by atoms with Gasteiger partial charge in [-0.05, 0) is 61.7 Å². The van der Waals surface area contributed by atoms with Gasteiger partial charge in [0.2, 0.25) is 0 Å². The summed E-state index contributed by atoms with van der Waals surface area (Å²) in [5.41, 5.74) is 2.75. The molecular formula is C19H23NO3. The van der Waals surface area contributed by atoms with Crippen LogP contribution in [0.2, 0.25) is 0 Å². The van der Waals surface area contributed by atoms with Crippen molar-refractivity contribution in [1.29, 1.82) is 0 Å². The van der Waals surface area contributed by atoms with E-state index in [9.17, 15) is 4.79 Å². The Morgan fingerprint density at radius 1 is 1.17 bits per heavy atom. The van der Waals surface area contributed by atoms with Crippen LogP contribution in [-0.4, -0.2) is 26.2 Å². The lowest BCUT2D eigenvalue weighted by Gasteiger charge is -2.10. The van der Waals surface area contributed by atoms with Gasteiger partial charge in [0.05, 0.1) is 13.7 Å². The highest BCUT2D eigenvalue weighted by atomic mass is 16.5. The van der Waals surface area contributed by atoms with Gasteiger partial charge in [-0.3, -0.25) is 4.79 Å². The van der Waals surface area contributed by atoms with E-state index in [1.807, 2.05) is 50.2 Å². The number of nitrogens with one attached hydrogen (secondary N) is 1. The third-order valence-corrected chi connectivity index (χ3v) is 3.57. The zero-order valence-electron chi connectivity index (χ0n) is 13.9. The summed E-state index contributed by atoms with van der Waals surface area (Å²) < 4.78 is 10.7. The third kappa shape index (κ3) is 4.74. The fourth-order valence-electron chi connectivity index (χ4n) is 2.36. The van der Waals surface area contributed by atoms with Gasteiger partial charge in [-0.1, -0.05) is 12.1 Å². The number of rotatable bonds is 7. The molecule has 23 heavy (non-hydrogen) atoms. The molecule has 1 amide bonds. The van der Waals surface area contributed by atoms with Gasteiger partial charge in [0.1, 0.15) is 11.5 Å². The van der Waals surface area contributed by atoms with Crippen molar-refractivity contribution in [3.05, 3.63) is 59.2 Å². The van der Waals surface area contributed by atoms with Crippen molar-refractivity contribution in [2.75, 3.05) is 20.3 Å². The van der Waals surface area contributed by atoms with E-state index in [1.165, 1.54) is 0 Å². The Balaban J connectivity index is 1.90. The zero-order valence-corrected chi connectivity index (χ0v) is 13.9. The zero-order chi connectivity index (χ0) is 16.7. The fraction of sp³-hybridized carbons (Fsp3) is 0.316. The summed E-state index contributed by atoms with van der Waals surface area (Å²) in [4.78, 5) is 12.2. The molecule has 2 aromatic carbocycles. The van der Waals surface area contributed by atoms with E-state index >= 15 is 0 Å². The third-order valence-electron chi connectivity index (χ3n) is 3.57. The molecule has 0 aliphatic rings. The Kier molecular flexibility index (Phi) is 6.03. The molecule has 0 spiro atoms. The predicted octanol–water partition coefficient (Wildman–Crippen LogP) is 3.37. The first-order valence-electron chi connectivity index (χ1n) is 7.78. The summed E-state index contributed by atoms with van der Waals surface area (Å²) in [5, 5.41) is 2.94. The van der Waals surface area contributed by atoms with Crippen LogP contribution in [0.5, 0.6) is 11.5 Å². The minimum atomic E-state index is -0.0703. The van der Waals surface area contributed by atoms with Crippen molar-refractivity contribution in [2.45, 2.75) is 20.3 Å². The van der Waals surface area contributed by atoms with E-state index in [1.54, 1.807) is 13.2 Å². The van der Waals surface area contributed by atoms with E-state index in [-0.39, 0.29) is 5.91 Å². The topological polar surface area (TPSA) is 47.6 Å². The lowest BCUT2D eigenvalue weighted by atomic mass is 10.1. The first-order valence-corrected chi connectivity index (χ1v) is 7.78. The second-order valence-electron chi connectivity index (χ2n) is 5.27. The highest BCUT2D eigenvalue weighted by Gasteiger charge is 2.08. The summed E-state index contributed by atoms with van der Waals surface area (Å²) in [5.74, 6) is 1.58. The molecule has 2 rings (SSSR count). The number of methoxy groups -OCH3 is 1. The van der Waals surface area contributed by atoms with Crippen molar-refractivity contribution < 1.29 is 14.3 Å². The Labute approximate surface area is 137 Å². The van der Waals surface area contributed by atoms with Gasteiger partial charge in [0.15, 0.2) is 0 Å². The number of aryl methyl sites for hydroxylation is 1. The second kappa shape index (κ2) is 8.22. The lowest BCUT2D eigenvalue weighted by Crippen LogP contribution is -2.25. The van der Waals surface area contributed by atoms with Crippen molar-refractivity contribution in [2.24, 2.45) is 0 Å². The van der Waals surface area contributed by atoms with E-state index in [0.29, 0.717) is 18.7 Å². The van der Waals surface area contributed by atoms with Crippen molar-refractivity contribution in [3.8, 4) is 11.5 Å². The Morgan fingerprint density at radius 3 is 2.70 bits per heavy atom. The lowest BCUT2D eigenvalue weighted by molar-refractivity contribution is 0.0954. The summed E-state index contributed by atoms with van der Waals surface area (Å²) in [6.07, 6.45) is 0.763. The first kappa shape index (κ1) is 16.9. The van der Waals surface area contributed by atoms with E-state index < -0.39 is 0 Å². The minimum Gasteiger partial charge on any atom is -0.497 e. The Morgan fingerprint density at radius 2 is 2.00 bits per heavy atom. The molecular weight excluding hydrogens is 290 g/mol. The molecule has 0 atom stereocenters. The maximum absolute atomic E-state index is 12.2. The van der Waals surface area contributed by atoms with Crippen LogP contribution in [0.3, 0.4) is 0 Å². The van der Waals surface area contributed by atoms with Crippen molar-refractivity contribution in [1.82, 2.24) is 5.32 Å². The Hall–Kier alpha value is -2.49. The van der Waals surface area contributed by atoms with Crippen LogP contribution in [0.25, 0.3) is 0 Å². The highest BCUT2D eigenvalue weighted by Crippen LogP contribution is 2.19. The average molecular weight is 313 g/mol. The van der Waals surface area contributed by atoms with Gasteiger partial charge >= 0.3 is 0 Å². The molecule has 0 fully saturated rings. The van der Waals surface area contributed by atoms with Crippen LogP contribution in [-0.2, 0) is 6.42 Å². The van der Waals surface area contributed by atoms with Gasteiger partial charge in [0, 0.05) is 12.1 Å². The number of amides is 1. The predicted molar refractivity (Wildman–Crippen MR) is 91.4 cm³/mol. The molecule has 0 aliphatic carbocycles. The van der Waals surface area contributed by atoms with E-state index in [4.69, 9.17) is 9.47 Å². The number of benzene rings is 2. The minimum absolute atomic E-state index is 0.0703. The molecule has 0 radical (unpaired) electrons. The quantitative estimate of drug-likeness (QED) is 0.852. The van der Waals surface area contributed by atoms with E-state index in [2.05, 4.69) is 5.32 Å². The van der Waals surface area contributed by atoms with Gasteiger partial charge in [-0.25, -0.2) is 0 Å². The number of hydrogen-bond acceptors (Lipinski definition) is 3. The van der Waals surface area contributed by atoms with Crippen LogP contribution < -0.4 is 14.8 Å². The number of hydrogen-bond donors (Lipinski definition) is 1. The number of ether oxygens (including phenoxy) is 2. The highest BCUT2D eigenvalue weighted by molar-refractivity contribution is 5.94. The second-order valence-corrected chi connectivity index (χ2v) is 5.27. The fourth-order valence-corrected chi connectivity index (χ4v) is 2.36. The molecule has 0 aromatic heterocycles. The molecule has 0 saturated carbocycles. The Bertz CT molecular complexity index is 667. The molecule has 0 unspecified atom stereocenters. The molecule has 0 saturated heterocycles. The average Bonchev–Trinajstić information content (AvgIpc) is 2.57. The molecule has 1 N–H and O–H groups in total. The molecule has 122 valence electrons. The molecule has 2 aromatic rings. The first-order chi connectivity index (χ1) is 11.1. The van der Waals surface area contributed by atoms with Crippen molar-refractivity contribution in [3.63, 3.8) is 0 Å². The van der Waals surface area contributed by atoms with Gasteiger partial charge in [0.25, 0.3) is 5.91 Å². The van der Waals surface area contributed by atoms with Gasteiger partial charge < -0.3 is 14.8 Å². The summed E-state index contributed by atoms with van der Waals surface area (Å²) >= 11 is 0.